The Morgan fingerprint density at radius 2 is 2.07 bits per heavy atom. The van der Waals surface area contributed by atoms with Crippen molar-refractivity contribution in [3.8, 4) is 6.07 Å². The number of hydrogen-bond acceptors (Lipinski definition) is 4. The van der Waals surface area contributed by atoms with Gasteiger partial charge in [0.05, 0.1) is 5.56 Å². The maximum Gasteiger partial charge on any atom is 0.226 e. The fraction of sp³-hybridized carbons (Fsp3) is 0.478. The van der Waals surface area contributed by atoms with Crippen LogP contribution in [0.5, 0.6) is 0 Å². The topological polar surface area (TPSA) is 56.1 Å². The molecule has 1 atom stereocenters. The number of benzene rings is 1. The van der Waals surface area contributed by atoms with E-state index in [1.807, 2.05) is 0 Å². The minimum atomic E-state index is 0.00559. The van der Waals surface area contributed by atoms with E-state index in [0.29, 0.717) is 18.0 Å². The molecule has 2 aliphatic carbocycles. The Labute approximate surface area is 171 Å². The molecule has 4 rings (SSSR count). The minimum absolute atomic E-state index is 0.00559. The number of rotatable bonds is 5. The summed E-state index contributed by atoms with van der Waals surface area (Å²) in [5.74, 6) is 0.00559. The molecule has 0 spiro atoms. The number of aryl methyl sites for hydroxylation is 2. The molecule has 1 heterocycles. The SMILES string of the molecule is CN(CCC(=O)Nc1sc2c(c1C#N)CCCC2)[C@@H]1CCCc2ccccc21. The zero-order chi connectivity index (χ0) is 19.5. The highest BCUT2D eigenvalue weighted by molar-refractivity contribution is 7.16. The van der Waals surface area contributed by atoms with Gasteiger partial charge >= 0.3 is 0 Å². The van der Waals surface area contributed by atoms with Crippen LogP contribution in [0.3, 0.4) is 0 Å². The number of thiophene rings is 1. The summed E-state index contributed by atoms with van der Waals surface area (Å²) in [6.45, 7) is 0.720. The van der Waals surface area contributed by atoms with E-state index >= 15 is 0 Å². The summed E-state index contributed by atoms with van der Waals surface area (Å²) in [5.41, 5.74) is 4.72. The van der Waals surface area contributed by atoms with Gasteiger partial charge in [-0.25, -0.2) is 0 Å². The van der Waals surface area contributed by atoms with Crippen LogP contribution in [0, 0.1) is 11.3 Å². The normalized spacial score (nSPS) is 18.2. The molecule has 4 nitrogen and oxygen atoms in total. The number of carbonyl (C=O) groups is 1. The molecule has 1 amide bonds. The van der Waals surface area contributed by atoms with E-state index in [4.69, 9.17) is 0 Å². The second-order valence-corrected chi connectivity index (χ2v) is 9.02. The van der Waals surface area contributed by atoms with E-state index in [1.165, 1.54) is 34.4 Å². The van der Waals surface area contributed by atoms with Crippen LogP contribution in [0.15, 0.2) is 24.3 Å². The average molecular weight is 394 g/mol. The van der Waals surface area contributed by atoms with Crippen molar-refractivity contribution in [2.24, 2.45) is 0 Å². The highest BCUT2D eigenvalue weighted by atomic mass is 32.1. The van der Waals surface area contributed by atoms with Crippen LogP contribution < -0.4 is 5.32 Å². The van der Waals surface area contributed by atoms with E-state index < -0.39 is 0 Å². The molecule has 146 valence electrons. The largest absolute Gasteiger partial charge is 0.317 e. The van der Waals surface area contributed by atoms with Crippen LogP contribution in [0.25, 0.3) is 0 Å². The molecule has 2 aliphatic rings. The van der Waals surface area contributed by atoms with Crippen molar-refractivity contribution < 1.29 is 4.79 Å². The summed E-state index contributed by atoms with van der Waals surface area (Å²) in [4.78, 5) is 16.2. The van der Waals surface area contributed by atoms with Crippen molar-refractivity contribution in [1.82, 2.24) is 4.90 Å². The monoisotopic (exact) mass is 393 g/mol. The lowest BCUT2D eigenvalue weighted by molar-refractivity contribution is -0.116. The molecule has 0 saturated carbocycles. The van der Waals surface area contributed by atoms with E-state index in [1.54, 1.807) is 11.3 Å². The Hall–Kier alpha value is -2.16. The van der Waals surface area contributed by atoms with Gasteiger partial charge in [-0.1, -0.05) is 24.3 Å². The summed E-state index contributed by atoms with van der Waals surface area (Å²) in [6.07, 6.45) is 8.26. The van der Waals surface area contributed by atoms with Gasteiger partial charge in [0.25, 0.3) is 0 Å². The lowest BCUT2D eigenvalue weighted by Crippen LogP contribution is -2.30. The number of nitriles is 1. The Balaban J connectivity index is 1.38. The molecule has 28 heavy (non-hydrogen) atoms. The smallest absolute Gasteiger partial charge is 0.226 e. The first-order valence-corrected chi connectivity index (χ1v) is 11.1. The summed E-state index contributed by atoms with van der Waals surface area (Å²) in [7, 11) is 2.12. The maximum atomic E-state index is 12.6. The van der Waals surface area contributed by atoms with E-state index in [9.17, 15) is 10.1 Å². The summed E-state index contributed by atoms with van der Waals surface area (Å²) in [6, 6.07) is 11.4. The zero-order valence-electron chi connectivity index (χ0n) is 16.5. The van der Waals surface area contributed by atoms with E-state index in [0.717, 1.165) is 43.6 Å². The van der Waals surface area contributed by atoms with Crippen molar-refractivity contribution in [3.63, 3.8) is 0 Å². The highest BCUT2D eigenvalue weighted by Gasteiger charge is 2.25. The molecule has 5 heteroatoms. The van der Waals surface area contributed by atoms with Crippen LogP contribution in [0.1, 0.15) is 65.3 Å². The third-order valence-electron chi connectivity index (χ3n) is 6.10. The minimum Gasteiger partial charge on any atom is -0.317 e. The highest BCUT2D eigenvalue weighted by Crippen LogP contribution is 2.38. The van der Waals surface area contributed by atoms with Gasteiger partial charge in [-0.3, -0.25) is 9.69 Å². The van der Waals surface area contributed by atoms with Crippen molar-refractivity contribution in [3.05, 3.63) is 51.4 Å². The van der Waals surface area contributed by atoms with E-state index in [2.05, 4.69) is 47.6 Å². The van der Waals surface area contributed by atoms with Gasteiger partial charge in [-0.15, -0.1) is 11.3 Å². The van der Waals surface area contributed by atoms with Crippen LogP contribution in [-0.2, 0) is 24.1 Å². The van der Waals surface area contributed by atoms with Gasteiger partial charge in [0.15, 0.2) is 0 Å². The van der Waals surface area contributed by atoms with Gasteiger partial charge in [-0.2, -0.15) is 5.26 Å². The first-order valence-electron chi connectivity index (χ1n) is 10.3. The first-order chi connectivity index (χ1) is 13.7. The molecular weight excluding hydrogens is 366 g/mol. The van der Waals surface area contributed by atoms with Crippen molar-refractivity contribution in [1.29, 1.82) is 5.26 Å². The molecule has 1 aromatic carbocycles. The van der Waals surface area contributed by atoms with Crippen LogP contribution >= 0.6 is 11.3 Å². The van der Waals surface area contributed by atoms with Gasteiger partial charge in [0.1, 0.15) is 11.1 Å². The van der Waals surface area contributed by atoms with Gasteiger partial charge in [0.2, 0.25) is 5.91 Å². The fourth-order valence-corrected chi connectivity index (χ4v) is 5.84. The van der Waals surface area contributed by atoms with Gasteiger partial charge in [-0.05, 0) is 68.7 Å². The van der Waals surface area contributed by atoms with Gasteiger partial charge in [0, 0.05) is 23.9 Å². The van der Waals surface area contributed by atoms with E-state index in [-0.39, 0.29) is 5.91 Å². The molecule has 2 aromatic rings. The third kappa shape index (κ3) is 3.85. The second-order valence-electron chi connectivity index (χ2n) is 7.91. The molecule has 1 aromatic heterocycles. The summed E-state index contributed by atoms with van der Waals surface area (Å²) >= 11 is 1.60. The molecule has 1 N–H and O–H groups in total. The summed E-state index contributed by atoms with van der Waals surface area (Å²) < 4.78 is 0. The Morgan fingerprint density at radius 1 is 1.25 bits per heavy atom. The average Bonchev–Trinajstić information content (AvgIpc) is 3.08. The molecule has 0 fully saturated rings. The molecular formula is C23H27N3OS. The molecule has 0 unspecified atom stereocenters. The predicted molar refractivity (Wildman–Crippen MR) is 114 cm³/mol. The van der Waals surface area contributed by atoms with Crippen molar-refractivity contribution in [2.75, 3.05) is 18.9 Å². The molecule has 0 saturated heterocycles. The molecule has 0 bridgehead atoms. The quantitative estimate of drug-likeness (QED) is 0.791. The number of nitrogens with one attached hydrogen (secondary N) is 1. The van der Waals surface area contributed by atoms with Crippen molar-refractivity contribution >= 4 is 22.2 Å². The molecule has 0 radical (unpaired) electrons. The number of amides is 1. The Morgan fingerprint density at radius 3 is 2.93 bits per heavy atom. The second kappa shape index (κ2) is 8.46. The number of carbonyl (C=O) groups excluding carboxylic acids is 1. The Kier molecular flexibility index (Phi) is 5.79. The molecule has 0 aliphatic heterocycles. The van der Waals surface area contributed by atoms with Crippen molar-refractivity contribution in [2.45, 2.75) is 57.4 Å². The number of hydrogen-bond donors (Lipinski definition) is 1. The third-order valence-corrected chi connectivity index (χ3v) is 7.30. The van der Waals surface area contributed by atoms with Crippen LogP contribution in [-0.4, -0.2) is 24.4 Å². The van der Waals surface area contributed by atoms with Crippen LogP contribution in [0.4, 0.5) is 5.00 Å². The lowest BCUT2D eigenvalue weighted by atomic mass is 9.87. The van der Waals surface area contributed by atoms with Crippen LogP contribution in [0.2, 0.25) is 0 Å². The predicted octanol–water partition coefficient (Wildman–Crippen LogP) is 4.84. The zero-order valence-corrected chi connectivity index (χ0v) is 17.3. The summed E-state index contributed by atoms with van der Waals surface area (Å²) in [5, 5.41) is 13.3. The maximum absolute atomic E-state index is 12.6. The fourth-order valence-electron chi connectivity index (χ4n) is 4.58. The number of nitrogens with zero attached hydrogens (tertiary/aromatic N) is 2. The standard InChI is InChI=1S/C23H27N3OS/c1-26(20-11-6-8-16-7-2-3-9-17(16)20)14-13-22(27)25-23-19(15-24)18-10-4-5-12-21(18)28-23/h2-3,7,9,20H,4-6,8,10-14H2,1H3,(H,25,27)/t20-/m1/s1. The van der Waals surface area contributed by atoms with Gasteiger partial charge < -0.3 is 5.32 Å². The number of fused-ring (bicyclic) bond motifs is 2. The Bertz CT molecular complexity index is 911. The lowest BCUT2D eigenvalue weighted by Gasteiger charge is -2.33. The first kappa shape index (κ1) is 19.2. The number of anilines is 1.